The topological polar surface area (TPSA) is 37.0 Å². The zero-order valence-electron chi connectivity index (χ0n) is 19.2. The molecule has 1 heterocycles. The number of benzene rings is 2. The van der Waals surface area contributed by atoms with Crippen molar-refractivity contribution in [3.05, 3.63) is 54.1 Å². The Labute approximate surface area is 205 Å². The SMILES string of the molecule is COc1ccc(N2CCNC(CN(C)Cc3ccccc3)C2)cc1OC1CCCC1.Cl.Cl. The third kappa shape index (κ3) is 7.17. The van der Waals surface area contributed by atoms with Crippen LogP contribution in [0.15, 0.2) is 48.5 Å². The van der Waals surface area contributed by atoms with Crippen molar-refractivity contribution in [2.75, 3.05) is 45.2 Å². The zero-order valence-corrected chi connectivity index (χ0v) is 20.8. The maximum Gasteiger partial charge on any atom is 0.163 e. The maximum atomic E-state index is 6.31. The van der Waals surface area contributed by atoms with E-state index in [0.29, 0.717) is 12.1 Å². The second-order valence-corrected chi connectivity index (χ2v) is 8.64. The summed E-state index contributed by atoms with van der Waals surface area (Å²) < 4.78 is 11.9. The number of anilines is 1. The Bertz CT molecular complexity index is 803. The van der Waals surface area contributed by atoms with Crippen LogP contribution >= 0.6 is 24.8 Å². The summed E-state index contributed by atoms with van der Waals surface area (Å²) in [7, 11) is 3.93. The van der Waals surface area contributed by atoms with Gasteiger partial charge >= 0.3 is 0 Å². The minimum absolute atomic E-state index is 0. The quantitative estimate of drug-likeness (QED) is 0.587. The minimum Gasteiger partial charge on any atom is -0.493 e. The molecule has 0 spiro atoms. The van der Waals surface area contributed by atoms with Gasteiger partial charge in [0.1, 0.15) is 0 Å². The molecule has 0 radical (unpaired) electrons. The van der Waals surface area contributed by atoms with Crippen LogP contribution in [0.2, 0.25) is 0 Å². The predicted molar refractivity (Wildman–Crippen MR) is 137 cm³/mol. The summed E-state index contributed by atoms with van der Waals surface area (Å²) in [5, 5.41) is 3.69. The Morgan fingerprint density at radius 1 is 1.03 bits per heavy atom. The first kappa shape index (κ1) is 26.6. The van der Waals surface area contributed by atoms with Gasteiger partial charge in [0, 0.05) is 50.5 Å². The van der Waals surface area contributed by atoms with Crippen LogP contribution in [-0.4, -0.2) is 57.4 Å². The fourth-order valence-corrected chi connectivity index (χ4v) is 4.66. The summed E-state index contributed by atoms with van der Waals surface area (Å²) >= 11 is 0. The Morgan fingerprint density at radius 2 is 1.78 bits per heavy atom. The lowest BCUT2D eigenvalue weighted by Crippen LogP contribution is -2.54. The summed E-state index contributed by atoms with van der Waals surface area (Å²) in [6.45, 7) is 4.99. The standard InChI is InChI=1S/C25H35N3O2.2ClH/c1-27(17-20-8-4-3-5-9-20)18-21-19-28(15-14-26-21)22-12-13-24(29-2)25(16-22)30-23-10-6-7-11-23;;/h3-5,8-9,12-13,16,21,23,26H,6-7,10-11,14-15,17-19H2,1-2H3;2*1H. The zero-order chi connectivity index (χ0) is 20.8. The molecule has 4 rings (SSSR count). The van der Waals surface area contributed by atoms with Crippen molar-refractivity contribution in [2.45, 2.75) is 44.4 Å². The molecule has 1 unspecified atom stereocenters. The Balaban J connectivity index is 0.00000181. The largest absolute Gasteiger partial charge is 0.493 e. The van der Waals surface area contributed by atoms with Gasteiger partial charge in [0.15, 0.2) is 11.5 Å². The van der Waals surface area contributed by atoms with Crippen molar-refractivity contribution >= 4 is 30.5 Å². The van der Waals surface area contributed by atoms with Gasteiger partial charge in [0.25, 0.3) is 0 Å². The molecule has 5 nitrogen and oxygen atoms in total. The molecule has 0 bridgehead atoms. The van der Waals surface area contributed by atoms with Gasteiger partial charge in [-0.15, -0.1) is 24.8 Å². The van der Waals surface area contributed by atoms with E-state index in [1.807, 2.05) is 0 Å². The molecule has 2 fully saturated rings. The fourth-order valence-electron chi connectivity index (χ4n) is 4.66. The van der Waals surface area contributed by atoms with Crippen LogP contribution in [-0.2, 0) is 6.54 Å². The molecule has 1 saturated carbocycles. The van der Waals surface area contributed by atoms with E-state index in [1.165, 1.54) is 24.1 Å². The number of halogens is 2. The molecule has 7 heteroatoms. The van der Waals surface area contributed by atoms with E-state index in [0.717, 1.165) is 57.1 Å². The highest BCUT2D eigenvalue weighted by atomic mass is 35.5. The molecule has 1 N–H and O–H groups in total. The van der Waals surface area contributed by atoms with Crippen LogP contribution in [0.3, 0.4) is 0 Å². The Morgan fingerprint density at radius 3 is 2.50 bits per heavy atom. The number of nitrogens with zero attached hydrogens (tertiary/aromatic N) is 2. The van der Waals surface area contributed by atoms with Crippen molar-refractivity contribution in [3.63, 3.8) is 0 Å². The number of likely N-dealkylation sites (N-methyl/N-ethyl adjacent to an activating group) is 1. The average molecular weight is 482 g/mol. The molecule has 1 saturated heterocycles. The van der Waals surface area contributed by atoms with Gasteiger partial charge in [-0.05, 0) is 50.4 Å². The molecule has 32 heavy (non-hydrogen) atoms. The van der Waals surface area contributed by atoms with E-state index in [9.17, 15) is 0 Å². The number of hydrogen-bond donors (Lipinski definition) is 1. The van der Waals surface area contributed by atoms with Gasteiger partial charge in [-0.2, -0.15) is 0 Å². The number of methoxy groups -OCH3 is 1. The van der Waals surface area contributed by atoms with Gasteiger partial charge in [-0.25, -0.2) is 0 Å². The highest BCUT2D eigenvalue weighted by molar-refractivity contribution is 5.85. The summed E-state index contributed by atoms with van der Waals surface area (Å²) in [4.78, 5) is 4.87. The van der Waals surface area contributed by atoms with E-state index in [4.69, 9.17) is 9.47 Å². The number of nitrogens with one attached hydrogen (secondary N) is 1. The van der Waals surface area contributed by atoms with Gasteiger partial charge in [-0.1, -0.05) is 30.3 Å². The monoisotopic (exact) mass is 481 g/mol. The van der Waals surface area contributed by atoms with Crippen LogP contribution in [0, 0.1) is 0 Å². The first-order valence-electron chi connectivity index (χ1n) is 11.3. The lowest BCUT2D eigenvalue weighted by atomic mass is 10.1. The third-order valence-electron chi connectivity index (χ3n) is 6.19. The number of piperazine rings is 1. The first-order valence-corrected chi connectivity index (χ1v) is 11.3. The van der Waals surface area contributed by atoms with E-state index < -0.39 is 0 Å². The highest BCUT2D eigenvalue weighted by Crippen LogP contribution is 2.35. The summed E-state index contributed by atoms with van der Waals surface area (Å²) in [5.74, 6) is 1.72. The lowest BCUT2D eigenvalue weighted by Gasteiger charge is -2.37. The molecule has 2 aromatic carbocycles. The molecule has 0 aromatic heterocycles. The second kappa shape index (κ2) is 13.1. The maximum absolute atomic E-state index is 6.31. The second-order valence-electron chi connectivity index (χ2n) is 8.64. The van der Waals surface area contributed by atoms with E-state index >= 15 is 0 Å². The van der Waals surface area contributed by atoms with E-state index in [-0.39, 0.29) is 24.8 Å². The predicted octanol–water partition coefficient (Wildman–Crippen LogP) is 4.77. The van der Waals surface area contributed by atoms with Crippen molar-refractivity contribution in [1.82, 2.24) is 10.2 Å². The molecule has 178 valence electrons. The average Bonchev–Trinajstić information content (AvgIpc) is 3.27. The summed E-state index contributed by atoms with van der Waals surface area (Å²) in [6, 6.07) is 17.5. The van der Waals surface area contributed by atoms with E-state index in [1.54, 1.807) is 7.11 Å². The molecular weight excluding hydrogens is 445 g/mol. The molecule has 2 aliphatic rings. The Kier molecular flexibility index (Phi) is 10.9. The van der Waals surface area contributed by atoms with Crippen molar-refractivity contribution < 1.29 is 9.47 Å². The van der Waals surface area contributed by atoms with Gasteiger partial charge in [-0.3, -0.25) is 0 Å². The number of hydrogen-bond acceptors (Lipinski definition) is 5. The van der Waals surface area contributed by atoms with Crippen LogP contribution < -0.4 is 19.7 Å². The number of rotatable bonds is 8. The van der Waals surface area contributed by atoms with Crippen molar-refractivity contribution in [2.24, 2.45) is 0 Å². The molecule has 1 aliphatic heterocycles. The molecule has 2 aromatic rings. The van der Waals surface area contributed by atoms with Gasteiger partial charge in [0.2, 0.25) is 0 Å². The van der Waals surface area contributed by atoms with Crippen LogP contribution in [0.5, 0.6) is 11.5 Å². The lowest BCUT2D eigenvalue weighted by molar-refractivity contribution is 0.201. The summed E-state index contributed by atoms with van der Waals surface area (Å²) in [5.41, 5.74) is 2.58. The third-order valence-corrected chi connectivity index (χ3v) is 6.19. The van der Waals surface area contributed by atoms with Crippen LogP contribution in [0.1, 0.15) is 31.2 Å². The first-order chi connectivity index (χ1) is 14.7. The molecule has 1 aliphatic carbocycles. The molecular formula is C25H37Cl2N3O2. The fraction of sp³-hybridized carbons (Fsp3) is 0.520. The van der Waals surface area contributed by atoms with Gasteiger partial charge in [0.05, 0.1) is 13.2 Å². The highest BCUT2D eigenvalue weighted by Gasteiger charge is 2.23. The molecule has 0 amide bonds. The minimum atomic E-state index is 0. The smallest absolute Gasteiger partial charge is 0.163 e. The normalized spacial score (nSPS) is 18.7. The summed E-state index contributed by atoms with van der Waals surface area (Å²) in [6.07, 6.45) is 5.16. The van der Waals surface area contributed by atoms with Gasteiger partial charge < -0.3 is 24.6 Å². The van der Waals surface area contributed by atoms with E-state index in [2.05, 4.69) is 70.7 Å². The van der Waals surface area contributed by atoms with Crippen LogP contribution in [0.4, 0.5) is 5.69 Å². The van der Waals surface area contributed by atoms with Crippen molar-refractivity contribution in [1.29, 1.82) is 0 Å². The van der Waals surface area contributed by atoms with Crippen LogP contribution in [0.25, 0.3) is 0 Å². The number of ether oxygens (including phenoxy) is 2. The van der Waals surface area contributed by atoms with Crippen molar-refractivity contribution in [3.8, 4) is 11.5 Å². The Hall–Kier alpha value is -1.66. The molecule has 1 atom stereocenters.